The number of hydrogen-bond acceptors (Lipinski definition) is 7. The molecule has 1 aromatic rings. The molecule has 0 fully saturated rings. The summed E-state index contributed by atoms with van der Waals surface area (Å²) in [6, 6.07) is 3.38. The van der Waals surface area contributed by atoms with Gasteiger partial charge in [0.1, 0.15) is 17.8 Å². The number of rotatable bonds is 9. The first-order valence-corrected chi connectivity index (χ1v) is 8.32. The Labute approximate surface area is 148 Å². The molecule has 0 atom stereocenters. The van der Waals surface area contributed by atoms with Gasteiger partial charge in [-0.25, -0.2) is 4.98 Å². The van der Waals surface area contributed by atoms with Crippen LogP contribution in [0.2, 0.25) is 0 Å². The number of carbonyl (C=O) groups excluding carboxylic acids is 2. The quantitative estimate of drug-likeness (QED) is 0.348. The summed E-state index contributed by atoms with van der Waals surface area (Å²) >= 11 is 3.23. The van der Waals surface area contributed by atoms with Crippen molar-refractivity contribution in [2.45, 2.75) is 6.92 Å². The fourth-order valence-electron chi connectivity index (χ4n) is 1.97. The Hall–Kier alpha value is -1.71. The van der Waals surface area contributed by atoms with Gasteiger partial charge in [0.05, 0.1) is 19.8 Å². The Kier molecular flexibility index (Phi) is 7.41. The third-order valence-electron chi connectivity index (χ3n) is 3.07. The molecule has 1 aromatic heterocycles. The van der Waals surface area contributed by atoms with Gasteiger partial charge in [0.2, 0.25) is 0 Å². The van der Waals surface area contributed by atoms with Crippen LogP contribution in [0.4, 0.5) is 5.82 Å². The lowest BCUT2D eigenvalue weighted by molar-refractivity contribution is -0.144. The van der Waals surface area contributed by atoms with Crippen LogP contribution < -0.4 is 9.64 Å². The van der Waals surface area contributed by atoms with E-state index in [1.165, 1.54) is 4.90 Å². The summed E-state index contributed by atoms with van der Waals surface area (Å²) in [7, 11) is 0. The number of fused-ring (bicyclic) bond motifs is 1. The van der Waals surface area contributed by atoms with Gasteiger partial charge in [-0.15, -0.1) is 0 Å². The fraction of sp³-hybridized carbons (Fsp3) is 0.533. The zero-order valence-electron chi connectivity index (χ0n) is 13.3. The van der Waals surface area contributed by atoms with Gasteiger partial charge < -0.3 is 18.9 Å². The number of aromatic nitrogens is 1. The minimum absolute atomic E-state index is 0.113. The molecule has 2 rings (SSSR count). The highest BCUT2D eigenvalue weighted by atomic mass is 79.9. The van der Waals surface area contributed by atoms with E-state index in [-0.39, 0.29) is 32.3 Å². The molecule has 1 aliphatic heterocycles. The van der Waals surface area contributed by atoms with E-state index in [1.807, 2.05) is 6.92 Å². The Balaban J connectivity index is 1.79. The van der Waals surface area contributed by atoms with Crippen molar-refractivity contribution in [3.05, 3.63) is 16.7 Å². The van der Waals surface area contributed by atoms with Gasteiger partial charge in [-0.2, -0.15) is 0 Å². The molecule has 8 nitrogen and oxygen atoms in total. The van der Waals surface area contributed by atoms with E-state index >= 15 is 0 Å². The maximum absolute atomic E-state index is 12.0. The lowest BCUT2D eigenvalue weighted by Gasteiger charge is -2.27. The number of ether oxygens (including phenoxy) is 4. The second-order valence-electron chi connectivity index (χ2n) is 4.75. The van der Waals surface area contributed by atoms with E-state index in [1.54, 1.807) is 12.1 Å². The first kappa shape index (κ1) is 18.6. The normalized spacial score (nSPS) is 13.4. The predicted octanol–water partition coefficient (Wildman–Crippen LogP) is 1.17. The highest BCUT2D eigenvalue weighted by molar-refractivity contribution is 9.10. The van der Waals surface area contributed by atoms with Crippen molar-refractivity contribution in [2.24, 2.45) is 0 Å². The molecule has 2 heterocycles. The van der Waals surface area contributed by atoms with Crippen molar-refractivity contribution in [2.75, 3.05) is 51.1 Å². The summed E-state index contributed by atoms with van der Waals surface area (Å²) in [6.45, 7) is 3.51. The van der Waals surface area contributed by atoms with Crippen molar-refractivity contribution in [3.8, 4) is 5.75 Å². The molecule has 1 aliphatic rings. The van der Waals surface area contributed by atoms with Crippen molar-refractivity contribution in [1.29, 1.82) is 0 Å². The van der Waals surface area contributed by atoms with E-state index < -0.39 is 5.97 Å². The second-order valence-corrected chi connectivity index (χ2v) is 5.57. The molecule has 0 bridgehead atoms. The van der Waals surface area contributed by atoms with Crippen molar-refractivity contribution in [3.63, 3.8) is 0 Å². The molecule has 0 saturated carbocycles. The highest BCUT2D eigenvalue weighted by Crippen LogP contribution is 2.31. The van der Waals surface area contributed by atoms with Crippen LogP contribution in [0, 0.1) is 0 Å². The Bertz CT molecular complexity index is 583. The standard InChI is InChI=1S/C15H19BrN2O6/c1-2-21-5-6-22-7-8-23-14(20)9-18-13(19)10-24-11-3-4-12(16)17-15(11)18/h3-4H,2,5-10H2,1H3. The van der Waals surface area contributed by atoms with E-state index in [0.29, 0.717) is 36.0 Å². The molecule has 0 radical (unpaired) electrons. The monoisotopic (exact) mass is 402 g/mol. The average Bonchev–Trinajstić information content (AvgIpc) is 2.57. The van der Waals surface area contributed by atoms with Crippen LogP contribution in [0.15, 0.2) is 16.7 Å². The fourth-order valence-corrected chi connectivity index (χ4v) is 2.27. The molecule has 0 aromatic carbocycles. The van der Waals surface area contributed by atoms with Crippen LogP contribution in [-0.4, -0.2) is 63.0 Å². The molecule has 0 unspecified atom stereocenters. The summed E-state index contributed by atoms with van der Waals surface area (Å²) < 4.78 is 21.3. The van der Waals surface area contributed by atoms with Crippen molar-refractivity contribution < 1.29 is 28.5 Å². The largest absolute Gasteiger partial charge is 0.480 e. The van der Waals surface area contributed by atoms with Crippen molar-refractivity contribution in [1.82, 2.24) is 4.98 Å². The third kappa shape index (κ3) is 5.43. The number of pyridine rings is 1. The number of esters is 1. The Morgan fingerprint density at radius 1 is 1.29 bits per heavy atom. The molecule has 24 heavy (non-hydrogen) atoms. The highest BCUT2D eigenvalue weighted by Gasteiger charge is 2.29. The number of hydrogen-bond donors (Lipinski definition) is 0. The molecule has 132 valence electrons. The summed E-state index contributed by atoms with van der Waals surface area (Å²) in [5.74, 6) is -0.139. The van der Waals surface area contributed by atoms with Gasteiger partial charge in [-0.1, -0.05) is 0 Å². The number of anilines is 1. The van der Waals surface area contributed by atoms with Crippen LogP contribution in [0.5, 0.6) is 5.75 Å². The van der Waals surface area contributed by atoms with E-state index in [2.05, 4.69) is 20.9 Å². The first-order chi connectivity index (χ1) is 11.6. The molecule has 9 heteroatoms. The summed E-state index contributed by atoms with van der Waals surface area (Å²) in [5, 5.41) is 0. The van der Waals surface area contributed by atoms with E-state index in [4.69, 9.17) is 18.9 Å². The van der Waals surface area contributed by atoms with Crippen LogP contribution in [0.25, 0.3) is 0 Å². The lowest BCUT2D eigenvalue weighted by atomic mass is 10.3. The SMILES string of the molecule is CCOCCOCCOC(=O)CN1C(=O)COc2ccc(Br)nc21. The number of nitrogens with zero attached hydrogens (tertiary/aromatic N) is 2. The molecule has 0 N–H and O–H groups in total. The van der Waals surface area contributed by atoms with Gasteiger partial charge >= 0.3 is 5.97 Å². The van der Waals surface area contributed by atoms with Gasteiger partial charge in [0.25, 0.3) is 5.91 Å². The number of amides is 1. The van der Waals surface area contributed by atoms with Crippen LogP contribution >= 0.6 is 15.9 Å². The van der Waals surface area contributed by atoms with Crippen molar-refractivity contribution >= 4 is 33.6 Å². The van der Waals surface area contributed by atoms with Crippen LogP contribution in [0.1, 0.15) is 6.92 Å². The van der Waals surface area contributed by atoms with Gasteiger partial charge in [-0.05, 0) is 35.0 Å². The molecule has 0 saturated heterocycles. The minimum Gasteiger partial charge on any atom is -0.480 e. The third-order valence-corrected chi connectivity index (χ3v) is 3.51. The molecule has 0 aliphatic carbocycles. The van der Waals surface area contributed by atoms with Gasteiger partial charge in [0, 0.05) is 6.61 Å². The van der Waals surface area contributed by atoms with Gasteiger partial charge in [0.15, 0.2) is 18.2 Å². The molecule has 0 spiro atoms. The number of carbonyl (C=O) groups is 2. The summed E-state index contributed by atoms with van der Waals surface area (Å²) in [6.07, 6.45) is 0. The maximum atomic E-state index is 12.0. The number of halogens is 1. The van der Waals surface area contributed by atoms with Crippen LogP contribution in [-0.2, 0) is 23.8 Å². The molecular formula is C15H19BrN2O6. The zero-order valence-corrected chi connectivity index (χ0v) is 14.9. The predicted molar refractivity (Wildman–Crippen MR) is 88.1 cm³/mol. The van der Waals surface area contributed by atoms with Crippen LogP contribution in [0.3, 0.4) is 0 Å². The smallest absolute Gasteiger partial charge is 0.326 e. The van der Waals surface area contributed by atoms with E-state index in [9.17, 15) is 9.59 Å². The average molecular weight is 403 g/mol. The molecular weight excluding hydrogens is 384 g/mol. The van der Waals surface area contributed by atoms with E-state index in [0.717, 1.165) is 0 Å². The topological polar surface area (TPSA) is 87.2 Å². The molecule has 1 amide bonds. The maximum Gasteiger partial charge on any atom is 0.326 e. The van der Waals surface area contributed by atoms with Gasteiger partial charge in [-0.3, -0.25) is 14.5 Å². The minimum atomic E-state index is -0.536. The zero-order chi connectivity index (χ0) is 17.4. The second kappa shape index (κ2) is 9.55. The summed E-state index contributed by atoms with van der Waals surface area (Å²) in [5.41, 5.74) is 0. The Morgan fingerprint density at radius 2 is 2.04 bits per heavy atom. The Morgan fingerprint density at radius 3 is 2.83 bits per heavy atom. The first-order valence-electron chi connectivity index (χ1n) is 7.52. The lowest BCUT2D eigenvalue weighted by Crippen LogP contribution is -2.43. The summed E-state index contributed by atoms with van der Waals surface area (Å²) in [4.78, 5) is 29.3.